The van der Waals surface area contributed by atoms with Gasteiger partial charge in [-0.15, -0.1) is 0 Å². The van der Waals surface area contributed by atoms with Gasteiger partial charge in [0.05, 0.1) is 31.0 Å². The Morgan fingerprint density at radius 2 is 2.20 bits per heavy atom. The molecule has 0 saturated carbocycles. The van der Waals surface area contributed by atoms with Gasteiger partial charge in [-0.3, -0.25) is 4.79 Å². The number of morpholine rings is 1. The summed E-state index contributed by atoms with van der Waals surface area (Å²) in [5.41, 5.74) is 0.653. The van der Waals surface area contributed by atoms with Gasteiger partial charge in [-0.1, -0.05) is 18.2 Å². The molecule has 2 aliphatic heterocycles. The summed E-state index contributed by atoms with van der Waals surface area (Å²) >= 11 is 6.01. The molecule has 1 aromatic heterocycles. The molecular formula is C19H19ClF3N5O2. The number of aromatic nitrogens is 2. The molecule has 2 N–H and O–H groups in total. The van der Waals surface area contributed by atoms with Crippen molar-refractivity contribution in [2.24, 2.45) is 0 Å². The van der Waals surface area contributed by atoms with E-state index in [1.807, 2.05) is 0 Å². The lowest BCUT2D eigenvalue weighted by Gasteiger charge is -2.26. The lowest BCUT2D eigenvalue weighted by Crippen LogP contribution is -2.48. The molecule has 1 unspecified atom stereocenters. The van der Waals surface area contributed by atoms with Gasteiger partial charge < -0.3 is 20.3 Å². The molecule has 3 heterocycles. The van der Waals surface area contributed by atoms with Crippen molar-refractivity contribution in [1.82, 2.24) is 20.2 Å². The van der Waals surface area contributed by atoms with E-state index in [0.29, 0.717) is 36.8 Å². The Bertz CT molecular complexity index is 956. The molecule has 1 aromatic carbocycles. The number of nitrogens with one attached hydrogen (secondary N) is 2. The van der Waals surface area contributed by atoms with Crippen LogP contribution < -0.4 is 10.6 Å². The third kappa shape index (κ3) is 4.21. The van der Waals surface area contributed by atoms with Gasteiger partial charge in [0.1, 0.15) is 17.7 Å². The van der Waals surface area contributed by atoms with Crippen LogP contribution >= 0.6 is 11.6 Å². The number of hydrogen-bond acceptors (Lipinski definition) is 6. The van der Waals surface area contributed by atoms with E-state index in [-0.39, 0.29) is 36.4 Å². The summed E-state index contributed by atoms with van der Waals surface area (Å²) in [5, 5.41) is 6.04. The van der Waals surface area contributed by atoms with E-state index in [1.165, 1.54) is 12.1 Å². The summed E-state index contributed by atoms with van der Waals surface area (Å²) in [6.45, 7) is 2.01. The molecule has 1 amide bonds. The van der Waals surface area contributed by atoms with Gasteiger partial charge in [-0.2, -0.15) is 0 Å². The summed E-state index contributed by atoms with van der Waals surface area (Å²) in [4.78, 5) is 22.7. The molecule has 0 aliphatic carbocycles. The Balaban J connectivity index is 1.51. The molecule has 2 aliphatic rings. The fraction of sp³-hybridized carbons (Fsp3) is 0.421. The summed E-state index contributed by atoms with van der Waals surface area (Å²) in [6.07, 6.45) is -3.47. The van der Waals surface area contributed by atoms with Crippen molar-refractivity contribution in [3.8, 4) is 0 Å². The standard InChI is InChI=1S/C19H19ClF3N5O2/c20-19-26-13-9-28(18(29)14-7-24-4-5-30-14)8-12(13)17(27-19)25-6-10-2-1-3-11(15(10)21)16(22)23/h1-3,14,16,24H,4-9H2,(H,25,26,27). The quantitative estimate of drug-likeness (QED) is 0.694. The second-order valence-electron chi connectivity index (χ2n) is 7.00. The second kappa shape index (κ2) is 8.75. The van der Waals surface area contributed by atoms with Crippen LogP contribution in [0.4, 0.5) is 19.0 Å². The molecule has 0 bridgehead atoms. The number of fused-ring (bicyclic) bond motifs is 1. The fourth-order valence-corrected chi connectivity index (χ4v) is 3.72. The van der Waals surface area contributed by atoms with Crippen molar-refractivity contribution in [2.75, 3.05) is 25.0 Å². The zero-order chi connectivity index (χ0) is 21.3. The maximum absolute atomic E-state index is 14.3. The molecule has 2 aromatic rings. The number of halogens is 4. The van der Waals surface area contributed by atoms with Crippen LogP contribution in [-0.4, -0.2) is 46.6 Å². The maximum atomic E-state index is 14.3. The molecule has 30 heavy (non-hydrogen) atoms. The highest BCUT2D eigenvalue weighted by Gasteiger charge is 2.33. The molecule has 7 nitrogen and oxygen atoms in total. The fourth-order valence-electron chi connectivity index (χ4n) is 3.54. The van der Waals surface area contributed by atoms with Crippen LogP contribution in [0.1, 0.15) is 28.8 Å². The van der Waals surface area contributed by atoms with Gasteiger partial charge >= 0.3 is 0 Å². The highest BCUT2D eigenvalue weighted by Crippen LogP contribution is 2.30. The van der Waals surface area contributed by atoms with Crippen molar-refractivity contribution in [3.05, 3.63) is 51.7 Å². The van der Waals surface area contributed by atoms with Crippen molar-refractivity contribution in [3.63, 3.8) is 0 Å². The Kier molecular flexibility index (Phi) is 6.07. The van der Waals surface area contributed by atoms with Crippen LogP contribution in [0.2, 0.25) is 5.28 Å². The van der Waals surface area contributed by atoms with E-state index in [2.05, 4.69) is 20.6 Å². The van der Waals surface area contributed by atoms with E-state index >= 15 is 0 Å². The predicted molar refractivity (Wildman–Crippen MR) is 103 cm³/mol. The van der Waals surface area contributed by atoms with Gasteiger partial charge in [0, 0.05) is 30.8 Å². The van der Waals surface area contributed by atoms with E-state index in [1.54, 1.807) is 4.90 Å². The van der Waals surface area contributed by atoms with Gasteiger partial charge in [0.15, 0.2) is 0 Å². The van der Waals surface area contributed by atoms with Gasteiger partial charge in [-0.25, -0.2) is 23.1 Å². The number of amides is 1. The Morgan fingerprint density at radius 1 is 1.37 bits per heavy atom. The van der Waals surface area contributed by atoms with E-state index in [4.69, 9.17) is 16.3 Å². The van der Waals surface area contributed by atoms with Crippen molar-refractivity contribution < 1.29 is 22.7 Å². The minimum absolute atomic E-state index is 0.0251. The molecule has 4 rings (SSSR count). The molecule has 1 saturated heterocycles. The van der Waals surface area contributed by atoms with Crippen LogP contribution in [0.3, 0.4) is 0 Å². The molecule has 160 valence electrons. The summed E-state index contributed by atoms with van der Waals surface area (Å²) in [6, 6.07) is 3.84. The number of rotatable bonds is 5. The SMILES string of the molecule is O=C(C1CNCCO1)N1Cc2nc(Cl)nc(NCc3cccc(C(F)F)c3F)c2C1. The van der Waals surface area contributed by atoms with Crippen LogP contribution in [0, 0.1) is 5.82 Å². The largest absolute Gasteiger partial charge is 0.366 e. The minimum atomic E-state index is -2.90. The second-order valence-corrected chi connectivity index (χ2v) is 7.34. The van der Waals surface area contributed by atoms with Crippen LogP contribution in [-0.2, 0) is 29.2 Å². The average Bonchev–Trinajstić information content (AvgIpc) is 3.16. The van der Waals surface area contributed by atoms with Gasteiger partial charge in [0.2, 0.25) is 5.28 Å². The Hall–Kier alpha value is -2.43. The van der Waals surface area contributed by atoms with Gasteiger partial charge in [0.25, 0.3) is 12.3 Å². The lowest BCUT2D eigenvalue weighted by molar-refractivity contribution is -0.145. The number of alkyl halides is 2. The number of hydrogen-bond donors (Lipinski definition) is 2. The first-order valence-electron chi connectivity index (χ1n) is 9.39. The number of nitrogens with zero attached hydrogens (tertiary/aromatic N) is 3. The number of carbonyl (C=O) groups is 1. The number of anilines is 1. The van der Waals surface area contributed by atoms with Crippen molar-refractivity contribution in [2.45, 2.75) is 32.2 Å². The first kappa shape index (κ1) is 20.8. The molecule has 1 atom stereocenters. The topological polar surface area (TPSA) is 79.4 Å². The molecule has 0 spiro atoms. The van der Waals surface area contributed by atoms with E-state index < -0.39 is 23.9 Å². The number of benzene rings is 1. The first-order chi connectivity index (χ1) is 14.4. The maximum Gasteiger partial charge on any atom is 0.266 e. The third-order valence-corrected chi connectivity index (χ3v) is 5.23. The normalized spacial score (nSPS) is 18.6. The Labute approximate surface area is 175 Å². The third-order valence-electron chi connectivity index (χ3n) is 5.06. The number of ether oxygens (including phenoxy) is 1. The van der Waals surface area contributed by atoms with Crippen LogP contribution in [0.15, 0.2) is 18.2 Å². The van der Waals surface area contributed by atoms with E-state index in [9.17, 15) is 18.0 Å². The monoisotopic (exact) mass is 441 g/mol. The molecule has 1 fully saturated rings. The van der Waals surface area contributed by atoms with Crippen molar-refractivity contribution in [1.29, 1.82) is 0 Å². The smallest absolute Gasteiger partial charge is 0.266 e. The average molecular weight is 442 g/mol. The number of carbonyl (C=O) groups excluding carboxylic acids is 1. The first-order valence-corrected chi connectivity index (χ1v) is 9.77. The van der Waals surface area contributed by atoms with Gasteiger partial charge in [-0.05, 0) is 11.6 Å². The molecule has 11 heteroatoms. The highest BCUT2D eigenvalue weighted by atomic mass is 35.5. The van der Waals surface area contributed by atoms with Crippen LogP contribution in [0.25, 0.3) is 0 Å². The highest BCUT2D eigenvalue weighted by molar-refractivity contribution is 6.28. The van der Waals surface area contributed by atoms with E-state index in [0.717, 1.165) is 6.07 Å². The summed E-state index contributed by atoms with van der Waals surface area (Å²) in [7, 11) is 0. The minimum Gasteiger partial charge on any atom is -0.366 e. The predicted octanol–water partition coefficient (Wildman–Crippen LogP) is 2.65. The zero-order valence-corrected chi connectivity index (χ0v) is 16.6. The summed E-state index contributed by atoms with van der Waals surface area (Å²) < 4.78 is 45.7. The molecular weight excluding hydrogens is 423 g/mol. The lowest BCUT2D eigenvalue weighted by atomic mass is 10.1. The Morgan fingerprint density at radius 3 is 2.93 bits per heavy atom. The summed E-state index contributed by atoms with van der Waals surface area (Å²) in [5.74, 6) is -0.793. The molecule has 0 radical (unpaired) electrons. The zero-order valence-electron chi connectivity index (χ0n) is 15.8. The van der Waals surface area contributed by atoms with Crippen LogP contribution in [0.5, 0.6) is 0 Å². The van der Waals surface area contributed by atoms with Crippen molar-refractivity contribution >= 4 is 23.3 Å².